The number of rotatable bonds is 7. The van der Waals surface area contributed by atoms with Crippen LogP contribution in [-0.2, 0) is 0 Å². The van der Waals surface area contributed by atoms with Gasteiger partial charge < -0.3 is 10.4 Å². The fourth-order valence-corrected chi connectivity index (χ4v) is 3.48. The van der Waals surface area contributed by atoms with E-state index >= 15 is 0 Å². The lowest BCUT2D eigenvalue weighted by Crippen LogP contribution is -2.40. The maximum absolute atomic E-state index is 8.93. The molecule has 0 aromatic rings. The quantitative estimate of drug-likeness (QED) is 0.729. The molecule has 2 saturated carbocycles. The average Bonchev–Trinajstić information content (AvgIpc) is 3.19. The van der Waals surface area contributed by atoms with Crippen LogP contribution in [0.2, 0.25) is 0 Å². The van der Waals surface area contributed by atoms with E-state index in [1.807, 2.05) is 0 Å². The van der Waals surface area contributed by atoms with E-state index in [4.69, 9.17) is 5.11 Å². The monoisotopic (exact) mass is 253 g/mol. The number of aliphatic hydroxyl groups excluding tert-OH is 1. The molecule has 2 atom stereocenters. The zero-order valence-electron chi connectivity index (χ0n) is 12.3. The molecule has 0 bridgehead atoms. The van der Waals surface area contributed by atoms with Gasteiger partial charge >= 0.3 is 0 Å². The third-order valence-electron chi connectivity index (χ3n) is 4.88. The molecule has 2 N–H and O–H groups in total. The first-order valence-electron chi connectivity index (χ1n) is 7.95. The summed E-state index contributed by atoms with van der Waals surface area (Å²) in [6, 6.07) is 0.762. The second-order valence-electron chi connectivity index (χ2n) is 7.33. The van der Waals surface area contributed by atoms with Crippen LogP contribution >= 0.6 is 0 Å². The first-order chi connectivity index (χ1) is 8.61. The Morgan fingerprint density at radius 2 is 1.89 bits per heavy atom. The molecule has 2 aliphatic carbocycles. The average molecular weight is 253 g/mol. The van der Waals surface area contributed by atoms with Gasteiger partial charge in [-0.05, 0) is 55.8 Å². The predicted molar refractivity (Wildman–Crippen MR) is 76.6 cm³/mol. The van der Waals surface area contributed by atoms with E-state index in [1.54, 1.807) is 0 Å². The van der Waals surface area contributed by atoms with Crippen molar-refractivity contribution in [2.24, 2.45) is 17.3 Å². The lowest BCUT2D eigenvalue weighted by Gasteiger charge is -2.33. The topological polar surface area (TPSA) is 32.3 Å². The van der Waals surface area contributed by atoms with Crippen LogP contribution in [0.3, 0.4) is 0 Å². The molecule has 2 aliphatic rings. The summed E-state index contributed by atoms with van der Waals surface area (Å²) in [5.74, 6) is 2.11. The van der Waals surface area contributed by atoms with Gasteiger partial charge in [-0.15, -0.1) is 0 Å². The number of nitrogens with one attached hydrogen (secondary N) is 1. The van der Waals surface area contributed by atoms with Crippen molar-refractivity contribution in [2.75, 3.05) is 13.2 Å². The van der Waals surface area contributed by atoms with Crippen molar-refractivity contribution in [3.8, 4) is 0 Å². The molecule has 0 aromatic heterocycles. The molecule has 2 nitrogen and oxygen atoms in total. The van der Waals surface area contributed by atoms with Gasteiger partial charge in [0.05, 0.1) is 0 Å². The molecule has 2 heteroatoms. The minimum atomic E-state index is 0.329. The van der Waals surface area contributed by atoms with Crippen molar-refractivity contribution in [2.45, 2.75) is 71.3 Å². The van der Waals surface area contributed by atoms with Crippen molar-refractivity contribution in [1.82, 2.24) is 5.32 Å². The summed E-state index contributed by atoms with van der Waals surface area (Å²) in [5.41, 5.74) is 0.329. The Bertz CT molecular complexity index is 247. The van der Waals surface area contributed by atoms with E-state index < -0.39 is 0 Å². The SMILES string of the molecule is CC(C)(CCCO)CNC1CCCC(C2CC2)C1. The normalized spacial score (nSPS) is 29.5. The van der Waals surface area contributed by atoms with Crippen LogP contribution in [0.4, 0.5) is 0 Å². The van der Waals surface area contributed by atoms with Gasteiger partial charge in [-0.2, -0.15) is 0 Å². The largest absolute Gasteiger partial charge is 0.396 e. The van der Waals surface area contributed by atoms with E-state index in [1.165, 1.54) is 38.5 Å². The Morgan fingerprint density at radius 1 is 1.11 bits per heavy atom. The van der Waals surface area contributed by atoms with Crippen LogP contribution in [0.25, 0.3) is 0 Å². The lowest BCUT2D eigenvalue weighted by atomic mass is 9.81. The van der Waals surface area contributed by atoms with Crippen molar-refractivity contribution in [1.29, 1.82) is 0 Å². The van der Waals surface area contributed by atoms with Gasteiger partial charge in [-0.3, -0.25) is 0 Å². The highest BCUT2D eigenvalue weighted by Crippen LogP contribution is 2.43. The molecule has 0 aromatic carbocycles. The number of hydrogen-bond donors (Lipinski definition) is 2. The molecule has 0 spiro atoms. The highest BCUT2D eigenvalue weighted by Gasteiger charge is 2.34. The van der Waals surface area contributed by atoms with Crippen LogP contribution in [-0.4, -0.2) is 24.3 Å². The maximum atomic E-state index is 8.93. The van der Waals surface area contributed by atoms with Gasteiger partial charge in [0.15, 0.2) is 0 Å². The molecular weight excluding hydrogens is 222 g/mol. The molecule has 0 radical (unpaired) electrons. The lowest BCUT2D eigenvalue weighted by molar-refractivity contribution is 0.209. The molecule has 0 saturated heterocycles. The Balaban J connectivity index is 1.68. The second-order valence-corrected chi connectivity index (χ2v) is 7.33. The maximum Gasteiger partial charge on any atom is 0.0431 e. The summed E-state index contributed by atoms with van der Waals surface area (Å²) in [6.45, 7) is 6.07. The van der Waals surface area contributed by atoms with Crippen molar-refractivity contribution >= 4 is 0 Å². The van der Waals surface area contributed by atoms with Crippen LogP contribution in [0, 0.1) is 17.3 Å². The van der Waals surface area contributed by atoms with Crippen molar-refractivity contribution < 1.29 is 5.11 Å². The molecule has 2 rings (SSSR count). The first kappa shape index (κ1) is 14.3. The molecule has 2 unspecified atom stereocenters. The fourth-order valence-electron chi connectivity index (χ4n) is 3.48. The third-order valence-corrected chi connectivity index (χ3v) is 4.88. The zero-order chi connectivity index (χ0) is 13.0. The summed E-state index contributed by atoms with van der Waals surface area (Å²) in [5, 5.41) is 12.7. The summed E-state index contributed by atoms with van der Waals surface area (Å²) in [4.78, 5) is 0. The molecule has 0 amide bonds. The molecule has 18 heavy (non-hydrogen) atoms. The molecule has 2 fully saturated rings. The highest BCUT2D eigenvalue weighted by atomic mass is 16.2. The highest BCUT2D eigenvalue weighted by molar-refractivity contribution is 4.88. The Hall–Kier alpha value is -0.0800. The first-order valence-corrected chi connectivity index (χ1v) is 7.95. The number of aliphatic hydroxyl groups is 1. The van der Waals surface area contributed by atoms with Gasteiger partial charge in [0.1, 0.15) is 0 Å². The van der Waals surface area contributed by atoms with Crippen molar-refractivity contribution in [3.05, 3.63) is 0 Å². The minimum absolute atomic E-state index is 0.329. The molecular formula is C16H31NO. The van der Waals surface area contributed by atoms with E-state index in [-0.39, 0.29) is 0 Å². The van der Waals surface area contributed by atoms with E-state index in [0.29, 0.717) is 12.0 Å². The van der Waals surface area contributed by atoms with Gasteiger partial charge in [0.2, 0.25) is 0 Å². The van der Waals surface area contributed by atoms with E-state index in [2.05, 4.69) is 19.2 Å². The minimum Gasteiger partial charge on any atom is -0.396 e. The van der Waals surface area contributed by atoms with Crippen LogP contribution in [0.15, 0.2) is 0 Å². The zero-order valence-corrected chi connectivity index (χ0v) is 12.3. The van der Waals surface area contributed by atoms with Gasteiger partial charge in [-0.1, -0.05) is 26.7 Å². The van der Waals surface area contributed by atoms with Crippen LogP contribution < -0.4 is 5.32 Å². The summed E-state index contributed by atoms with van der Waals surface area (Å²) < 4.78 is 0. The predicted octanol–water partition coefficient (Wildman–Crippen LogP) is 3.34. The van der Waals surface area contributed by atoms with Gasteiger partial charge in [0, 0.05) is 19.2 Å². The smallest absolute Gasteiger partial charge is 0.0431 e. The molecule has 106 valence electrons. The fraction of sp³-hybridized carbons (Fsp3) is 1.00. The summed E-state index contributed by atoms with van der Waals surface area (Å²) in [6.07, 6.45) is 10.8. The van der Waals surface area contributed by atoms with Crippen molar-refractivity contribution in [3.63, 3.8) is 0 Å². The summed E-state index contributed by atoms with van der Waals surface area (Å²) >= 11 is 0. The van der Waals surface area contributed by atoms with Gasteiger partial charge in [-0.25, -0.2) is 0 Å². The van der Waals surface area contributed by atoms with Gasteiger partial charge in [0.25, 0.3) is 0 Å². The van der Waals surface area contributed by atoms with E-state index in [9.17, 15) is 0 Å². The second kappa shape index (κ2) is 6.38. The molecule has 0 heterocycles. The Labute approximate surface area is 113 Å². The number of hydrogen-bond acceptors (Lipinski definition) is 2. The van der Waals surface area contributed by atoms with Crippen LogP contribution in [0.5, 0.6) is 0 Å². The standard InChI is InChI=1S/C16H31NO/c1-16(2,9-4-10-18)12-17-15-6-3-5-14(11-15)13-7-8-13/h13-15,17-18H,3-12H2,1-2H3. The molecule has 0 aliphatic heterocycles. The van der Waals surface area contributed by atoms with Crippen LogP contribution in [0.1, 0.15) is 65.2 Å². The third kappa shape index (κ3) is 4.55. The van der Waals surface area contributed by atoms with E-state index in [0.717, 1.165) is 37.3 Å². The summed E-state index contributed by atoms with van der Waals surface area (Å²) in [7, 11) is 0. The Morgan fingerprint density at radius 3 is 2.56 bits per heavy atom. The Kier molecular flexibility index (Phi) is 5.08.